The summed E-state index contributed by atoms with van der Waals surface area (Å²) in [4.78, 5) is 22.2. The molecular formula is C16H15FN2O4. The van der Waals surface area contributed by atoms with Crippen molar-refractivity contribution >= 4 is 11.6 Å². The van der Waals surface area contributed by atoms with Crippen LogP contribution in [-0.2, 0) is 0 Å². The Balaban J connectivity index is 2.09. The molecule has 0 aliphatic rings. The maximum absolute atomic E-state index is 13.7. The molecular weight excluding hydrogens is 303 g/mol. The molecule has 0 spiro atoms. The van der Waals surface area contributed by atoms with E-state index in [1.807, 2.05) is 0 Å². The van der Waals surface area contributed by atoms with E-state index in [4.69, 9.17) is 4.74 Å². The number of benzene rings is 2. The van der Waals surface area contributed by atoms with Gasteiger partial charge in [-0.05, 0) is 36.8 Å². The van der Waals surface area contributed by atoms with E-state index in [0.29, 0.717) is 5.56 Å². The van der Waals surface area contributed by atoms with Crippen molar-refractivity contribution in [3.8, 4) is 5.75 Å². The number of nitro groups is 1. The third-order valence-electron chi connectivity index (χ3n) is 3.36. The van der Waals surface area contributed by atoms with Crippen LogP contribution in [0.1, 0.15) is 28.9 Å². The van der Waals surface area contributed by atoms with Crippen molar-refractivity contribution in [3.05, 3.63) is 69.5 Å². The first-order chi connectivity index (χ1) is 10.9. The molecule has 2 aromatic rings. The number of carbonyl (C=O) groups excluding carboxylic acids is 1. The van der Waals surface area contributed by atoms with Crippen molar-refractivity contribution in [2.75, 3.05) is 7.11 Å². The van der Waals surface area contributed by atoms with E-state index in [-0.39, 0.29) is 17.0 Å². The number of halogens is 1. The Labute approximate surface area is 132 Å². The van der Waals surface area contributed by atoms with Crippen molar-refractivity contribution < 1.29 is 18.8 Å². The number of carbonyl (C=O) groups is 1. The smallest absolute Gasteiger partial charge is 0.269 e. The van der Waals surface area contributed by atoms with Gasteiger partial charge in [-0.3, -0.25) is 14.9 Å². The monoisotopic (exact) mass is 318 g/mol. The molecule has 0 bridgehead atoms. The first-order valence-corrected chi connectivity index (χ1v) is 6.81. The molecule has 2 aromatic carbocycles. The van der Waals surface area contributed by atoms with E-state index in [9.17, 15) is 19.3 Å². The van der Waals surface area contributed by atoms with Gasteiger partial charge >= 0.3 is 0 Å². The Morgan fingerprint density at radius 1 is 1.26 bits per heavy atom. The molecule has 1 unspecified atom stereocenters. The van der Waals surface area contributed by atoms with Gasteiger partial charge in [-0.25, -0.2) is 4.39 Å². The molecule has 0 aromatic heterocycles. The summed E-state index contributed by atoms with van der Waals surface area (Å²) >= 11 is 0. The highest BCUT2D eigenvalue weighted by molar-refractivity contribution is 5.94. The second-order valence-corrected chi connectivity index (χ2v) is 4.89. The van der Waals surface area contributed by atoms with Crippen LogP contribution in [0, 0.1) is 15.9 Å². The molecule has 0 fully saturated rings. The van der Waals surface area contributed by atoms with E-state index < -0.39 is 22.7 Å². The van der Waals surface area contributed by atoms with Crippen LogP contribution in [-0.4, -0.2) is 17.9 Å². The van der Waals surface area contributed by atoms with Gasteiger partial charge < -0.3 is 10.1 Å². The van der Waals surface area contributed by atoms with E-state index in [0.717, 1.165) is 0 Å². The molecule has 2 rings (SSSR count). The molecule has 120 valence electrons. The zero-order chi connectivity index (χ0) is 17.0. The fourth-order valence-electron chi connectivity index (χ4n) is 2.05. The van der Waals surface area contributed by atoms with Gasteiger partial charge in [-0.2, -0.15) is 0 Å². The zero-order valence-corrected chi connectivity index (χ0v) is 12.6. The molecule has 0 heterocycles. The Morgan fingerprint density at radius 2 is 1.91 bits per heavy atom. The number of non-ortho nitro benzene ring substituents is 1. The van der Waals surface area contributed by atoms with Gasteiger partial charge in [0.1, 0.15) is 0 Å². The fourth-order valence-corrected chi connectivity index (χ4v) is 2.05. The summed E-state index contributed by atoms with van der Waals surface area (Å²) in [7, 11) is 1.37. The van der Waals surface area contributed by atoms with E-state index in [1.165, 1.54) is 43.5 Å². The molecule has 0 aliphatic heterocycles. The van der Waals surface area contributed by atoms with Gasteiger partial charge in [0.2, 0.25) is 0 Å². The number of rotatable bonds is 5. The Kier molecular flexibility index (Phi) is 4.90. The average molecular weight is 318 g/mol. The van der Waals surface area contributed by atoms with Crippen LogP contribution in [0.3, 0.4) is 0 Å². The van der Waals surface area contributed by atoms with Gasteiger partial charge in [0.15, 0.2) is 11.6 Å². The standard InChI is InChI=1S/C16H15FN2O4/c1-10(12-5-8-15(23-2)14(17)9-12)18-16(20)11-3-6-13(7-4-11)19(21)22/h3-10H,1-2H3,(H,18,20). The second kappa shape index (κ2) is 6.87. The highest BCUT2D eigenvalue weighted by Gasteiger charge is 2.14. The minimum Gasteiger partial charge on any atom is -0.494 e. The minimum absolute atomic E-state index is 0.0909. The molecule has 23 heavy (non-hydrogen) atoms. The quantitative estimate of drug-likeness (QED) is 0.678. The van der Waals surface area contributed by atoms with Crippen molar-refractivity contribution in [1.29, 1.82) is 0 Å². The largest absolute Gasteiger partial charge is 0.494 e. The summed E-state index contributed by atoms with van der Waals surface area (Å²) in [5.41, 5.74) is 0.779. The van der Waals surface area contributed by atoms with Crippen molar-refractivity contribution in [3.63, 3.8) is 0 Å². The minimum atomic E-state index is -0.537. The van der Waals surface area contributed by atoms with Crippen molar-refractivity contribution in [1.82, 2.24) is 5.32 Å². The molecule has 0 saturated heterocycles. The third-order valence-corrected chi connectivity index (χ3v) is 3.36. The first-order valence-electron chi connectivity index (χ1n) is 6.81. The van der Waals surface area contributed by atoms with Crippen LogP contribution in [0.25, 0.3) is 0 Å². The Hall–Kier alpha value is -2.96. The van der Waals surface area contributed by atoms with Crippen LogP contribution >= 0.6 is 0 Å². The van der Waals surface area contributed by atoms with Crippen LogP contribution < -0.4 is 10.1 Å². The second-order valence-electron chi connectivity index (χ2n) is 4.89. The zero-order valence-electron chi connectivity index (χ0n) is 12.6. The number of nitro benzene ring substituents is 1. The van der Waals surface area contributed by atoms with Gasteiger partial charge in [0.05, 0.1) is 18.1 Å². The highest BCUT2D eigenvalue weighted by Crippen LogP contribution is 2.22. The topological polar surface area (TPSA) is 81.5 Å². The maximum Gasteiger partial charge on any atom is 0.269 e. The van der Waals surface area contributed by atoms with Gasteiger partial charge in [-0.1, -0.05) is 6.07 Å². The number of methoxy groups -OCH3 is 1. The molecule has 1 N–H and O–H groups in total. The average Bonchev–Trinajstić information content (AvgIpc) is 2.54. The van der Waals surface area contributed by atoms with E-state index in [2.05, 4.69) is 5.32 Å². The maximum atomic E-state index is 13.7. The summed E-state index contributed by atoms with van der Waals surface area (Å²) in [6, 6.07) is 9.25. The molecule has 6 nitrogen and oxygen atoms in total. The lowest BCUT2D eigenvalue weighted by Gasteiger charge is -2.15. The number of hydrogen-bond acceptors (Lipinski definition) is 4. The SMILES string of the molecule is COc1ccc(C(C)NC(=O)c2ccc([N+](=O)[O-])cc2)cc1F. The summed E-state index contributed by atoms with van der Waals surface area (Å²) in [5, 5.41) is 13.3. The predicted molar refractivity (Wildman–Crippen MR) is 81.9 cm³/mol. The molecule has 0 radical (unpaired) electrons. The van der Waals surface area contributed by atoms with Gasteiger partial charge in [-0.15, -0.1) is 0 Å². The van der Waals surface area contributed by atoms with Gasteiger partial charge in [0.25, 0.3) is 11.6 Å². The van der Waals surface area contributed by atoms with Crippen LogP contribution in [0.4, 0.5) is 10.1 Å². The summed E-state index contributed by atoms with van der Waals surface area (Å²) in [6.45, 7) is 1.71. The fraction of sp³-hybridized carbons (Fsp3) is 0.188. The van der Waals surface area contributed by atoms with Crippen LogP contribution in [0.15, 0.2) is 42.5 Å². The summed E-state index contributed by atoms with van der Waals surface area (Å²) in [5.74, 6) is -0.785. The normalized spacial score (nSPS) is 11.6. The van der Waals surface area contributed by atoms with Crippen molar-refractivity contribution in [2.45, 2.75) is 13.0 Å². The van der Waals surface area contributed by atoms with Crippen LogP contribution in [0.5, 0.6) is 5.75 Å². The molecule has 1 atom stereocenters. The lowest BCUT2D eigenvalue weighted by atomic mass is 10.1. The Bertz CT molecular complexity index is 731. The van der Waals surface area contributed by atoms with Gasteiger partial charge in [0, 0.05) is 17.7 Å². The first kappa shape index (κ1) is 16.4. The number of ether oxygens (including phenoxy) is 1. The third kappa shape index (κ3) is 3.82. The molecule has 0 saturated carbocycles. The molecule has 1 amide bonds. The van der Waals surface area contributed by atoms with Crippen LogP contribution in [0.2, 0.25) is 0 Å². The predicted octanol–water partition coefficient (Wildman–Crippen LogP) is 3.23. The molecule has 7 heteroatoms. The number of nitrogens with one attached hydrogen (secondary N) is 1. The number of nitrogens with zero attached hydrogens (tertiary/aromatic N) is 1. The number of amides is 1. The Morgan fingerprint density at radius 3 is 2.43 bits per heavy atom. The lowest BCUT2D eigenvalue weighted by molar-refractivity contribution is -0.384. The summed E-state index contributed by atoms with van der Waals surface area (Å²) in [6.07, 6.45) is 0. The molecule has 0 aliphatic carbocycles. The number of hydrogen-bond donors (Lipinski definition) is 1. The van der Waals surface area contributed by atoms with E-state index >= 15 is 0 Å². The highest BCUT2D eigenvalue weighted by atomic mass is 19.1. The van der Waals surface area contributed by atoms with E-state index in [1.54, 1.807) is 13.0 Å². The summed E-state index contributed by atoms with van der Waals surface area (Å²) < 4.78 is 18.5. The lowest BCUT2D eigenvalue weighted by Crippen LogP contribution is -2.26. The van der Waals surface area contributed by atoms with Crippen molar-refractivity contribution in [2.24, 2.45) is 0 Å².